The number of hydrogen-bond donors (Lipinski definition) is 1. The van der Waals surface area contributed by atoms with Gasteiger partial charge in [-0.3, -0.25) is 4.79 Å². The number of aryl methyl sites for hydroxylation is 1. The topological polar surface area (TPSA) is 69.5 Å². The number of carbonyl (C=O) groups excluding carboxylic acids is 1. The number of benzene rings is 2. The molecule has 1 N–H and O–H groups in total. The third-order valence-corrected chi connectivity index (χ3v) is 4.79. The van der Waals surface area contributed by atoms with Crippen LogP contribution in [0.3, 0.4) is 0 Å². The maximum atomic E-state index is 12.4. The molecule has 1 heterocycles. The molecule has 130 valence electrons. The molecule has 0 saturated carbocycles. The summed E-state index contributed by atoms with van der Waals surface area (Å²) in [5.41, 5.74) is 6.32. The number of nitriles is 1. The van der Waals surface area contributed by atoms with E-state index in [2.05, 4.69) is 42.0 Å². The molecule has 1 unspecified atom stereocenters. The second-order valence-electron chi connectivity index (χ2n) is 6.44. The van der Waals surface area contributed by atoms with E-state index in [4.69, 9.17) is 5.26 Å². The average molecular weight is 343 g/mol. The SMILES string of the molecule is Cc1cccc(C(c2cccc(C(=O)CCC#N)c2)c2cnc[nH]2)c1C. The molecule has 4 nitrogen and oxygen atoms in total. The maximum absolute atomic E-state index is 12.4. The van der Waals surface area contributed by atoms with Gasteiger partial charge in [-0.2, -0.15) is 5.26 Å². The van der Waals surface area contributed by atoms with Crippen molar-refractivity contribution in [2.45, 2.75) is 32.6 Å². The van der Waals surface area contributed by atoms with Crippen LogP contribution < -0.4 is 0 Å². The van der Waals surface area contributed by atoms with Crippen molar-refractivity contribution in [2.75, 3.05) is 0 Å². The normalized spacial score (nSPS) is 11.7. The van der Waals surface area contributed by atoms with Crippen LogP contribution in [0.25, 0.3) is 0 Å². The summed E-state index contributed by atoms with van der Waals surface area (Å²) < 4.78 is 0. The van der Waals surface area contributed by atoms with E-state index < -0.39 is 0 Å². The molecule has 2 aromatic carbocycles. The maximum Gasteiger partial charge on any atom is 0.163 e. The van der Waals surface area contributed by atoms with Crippen molar-refractivity contribution in [3.63, 3.8) is 0 Å². The van der Waals surface area contributed by atoms with Gasteiger partial charge in [-0.05, 0) is 42.2 Å². The minimum Gasteiger partial charge on any atom is -0.348 e. The molecule has 0 radical (unpaired) electrons. The quantitative estimate of drug-likeness (QED) is 0.660. The van der Waals surface area contributed by atoms with Gasteiger partial charge in [-0.25, -0.2) is 4.98 Å². The van der Waals surface area contributed by atoms with Crippen LogP contribution in [0.1, 0.15) is 57.1 Å². The van der Waals surface area contributed by atoms with Crippen molar-refractivity contribution < 1.29 is 4.79 Å². The van der Waals surface area contributed by atoms with E-state index in [1.54, 1.807) is 6.33 Å². The Bertz CT molecular complexity index is 952. The molecule has 0 aliphatic rings. The van der Waals surface area contributed by atoms with Crippen LogP contribution in [0.5, 0.6) is 0 Å². The number of rotatable bonds is 6. The Morgan fingerprint density at radius 2 is 2.04 bits per heavy atom. The summed E-state index contributed by atoms with van der Waals surface area (Å²) >= 11 is 0. The van der Waals surface area contributed by atoms with Crippen molar-refractivity contribution in [3.8, 4) is 6.07 Å². The van der Waals surface area contributed by atoms with Gasteiger partial charge < -0.3 is 4.98 Å². The zero-order chi connectivity index (χ0) is 18.5. The second-order valence-corrected chi connectivity index (χ2v) is 6.44. The molecule has 0 spiro atoms. The van der Waals surface area contributed by atoms with Gasteiger partial charge >= 0.3 is 0 Å². The van der Waals surface area contributed by atoms with Crippen molar-refractivity contribution in [2.24, 2.45) is 0 Å². The van der Waals surface area contributed by atoms with E-state index >= 15 is 0 Å². The van der Waals surface area contributed by atoms with E-state index in [1.807, 2.05) is 36.5 Å². The van der Waals surface area contributed by atoms with E-state index in [9.17, 15) is 4.79 Å². The number of ketones is 1. The fourth-order valence-corrected chi connectivity index (χ4v) is 3.24. The third kappa shape index (κ3) is 3.57. The summed E-state index contributed by atoms with van der Waals surface area (Å²) in [4.78, 5) is 19.8. The minimum absolute atomic E-state index is 0.00211. The zero-order valence-electron chi connectivity index (χ0n) is 15.0. The third-order valence-electron chi connectivity index (χ3n) is 4.79. The molecule has 0 aliphatic heterocycles. The first-order chi connectivity index (χ1) is 12.6. The van der Waals surface area contributed by atoms with Gasteiger partial charge in [0.15, 0.2) is 5.78 Å². The molecule has 0 bridgehead atoms. The van der Waals surface area contributed by atoms with Crippen LogP contribution in [0.15, 0.2) is 55.0 Å². The number of aromatic nitrogens is 2. The van der Waals surface area contributed by atoms with Crippen LogP contribution in [-0.4, -0.2) is 15.8 Å². The van der Waals surface area contributed by atoms with Crippen molar-refractivity contribution in [1.29, 1.82) is 5.26 Å². The standard InChI is InChI=1S/C22H21N3O/c1-15-6-3-9-19(16(15)2)22(20-13-24-14-25-20)18-8-4-7-17(12-18)21(26)10-5-11-23/h3-4,6-9,12-14,22H,5,10H2,1-2H3,(H,24,25). The van der Waals surface area contributed by atoms with Crippen LogP contribution in [-0.2, 0) is 0 Å². The number of nitrogens with zero attached hydrogens (tertiary/aromatic N) is 2. The number of imidazole rings is 1. The predicted molar refractivity (Wildman–Crippen MR) is 101 cm³/mol. The Balaban J connectivity index is 2.08. The fraction of sp³-hybridized carbons (Fsp3) is 0.227. The fourth-order valence-electron chi connectivity index (χ4n) is 3.24. The molecule has 3 rings (SSSR count). The summed E-state index contributed by atoms with van der Waals surface area (Å²) in [6.07, 6.45) is 3.99. The highest BCUT2D eigenvalue weighted by atomic mass is 16.1. The van der Waals surface area contributed by atoms with Crippen molar-refractivity contribution >= 4 is 5.78 Å². The Morgan fingerprint density at radius 1 is 1.23 bits per heavy atom. The average Bonchev–Trinajstić information content (AvgIpc) is 3.18. The van der Waals surface area contributed by atoms with Crippen LogP contribution in [0, 0.1) is 25.2 Å². The molecule has 0 fully saturated rings. The number of nitrogens with one attached hydrogen (secondary N) is 1. The highest BCUT2D eigenvalue weighted by Gasteiger charge is 2.21. The summed E-state index contributed by atoms with van der Waals surface area (Å²) in [6, 6.07) is 16.0. The molecule has 1 aromatic heterocycles. The lowest BCUT2D eigenvalue weighted by atomic mass is 9.84. The van der Waals surface area contributed by atoms with Gasteiger partial charge in [-0.1, -0.05) is 36.4 Å². The Hall–Kier alpha value is -3.19. The van der Waals surface area contributed by atoms with Crippen molar-refractivity contribution in [3.05, 3.63) is 88.5 Å². The Morgan fingerprint density at radius 3 is 2.77 bits per heavy atom. The lowest BCUT2D eigenvalue weighted by Gasteiger charge is -2.20. The predicted octanol–water partition coefficient (Wildman–Crippen LogP) is 4.69. The Kier molecular flexibility index (Phi) is 5.28. The molecular weight excluding hydrogens is 322 g/mol. The number of H-pyrrole nitrogens is 1. The summed E-state index contributed by atoms with van der Waals surface area (Å²) in [6.45, 7) is 4.22. The molecule has 1 atom stereocenters. The first-order valence-electron chi connectivity index (χ1n) is 8.66. The summed E-state index contributed by atoms with van der Waals surface area (Å²) in [5, 5.41) is 8.72. The number of Topliss-reactive ketones (excluding diaryl/α,β-unsaturated/α-hetero) is 1. The molecule has 0 amide bonds. The highest BCUT2D eigenvalue weighted by molar-refractivity contribution is 5.96. The highest BCUT2D eigenvalue weighted by Crippen LogP contribution is 2.34. The van der Waals surface area contributed by atoms with Crippen LogP contribution >= 0.6 is 0 Å². The molecule has 4 heteroatoms. The van der Waals surface area contributed by atoms with E-state index in [0.717, 1.165) is 11.3 Å². The van der Waals surface area contributed by atoms with E-state index in [1.165, 1.54) is 16.7 Å². The second kappa shape index (κ2) is 7.79. The number of carbonyl (C=O) groups is 1. The van der Waals surface area contributed by atoms with Crippen LogP contribution in [0.4, 0.5) is 0 Å². The molecule has 0 saturated heterocycles. The van der Waals surface area contributed by atoms with Crippen molar-refractivity contribution in [1.82, 2.24) is 9.97 Å². The molecule has 26 heavy (non-hydrogen) atoms. The molecule has 3 aromatic rings. The van der Waals surface area contributed by atoms with Gasteiger partial charge in [0.2, 0.25) is 0 Å². The van der Waals surface area contributed by atoms with E-state index in [0.29, 0.717) is 5.56 Å². The largest absolute Gasteiger partial charge is 0.348 e. The smallest absolute Gasteiger partial charge is 0.163 e. The van der Waals surface area contributed by atoms with Crippen LogP contribution in [0.2, 0.25) is 0 Å². The van der Waals surface area contributed by atoms with Gasteiger partial charge in [0.05, 0.1) is 18.3 Å². The van der Waals surface area contributed by atoms with Gasteiger partial charge in [0.1, 0.15) is 0 Å². The first-order valence-corrected chi connectivity index (χ1v) is 8.66. The zero-order valence-corrected chi connectivity index (χ0v) is 15.0. The van der Waals surface area contributed by atoms with Gasteiger partial charge in [0, 0.05) is 30.3 Å². The van der Waals surface area contributed by atoms with E-state index in [-0.39, 0.29) is 24.5 Å². The summed E-state index contributed by atoms with van der Waals surface area (Å²) in [5.74, 6) is -0.0289. The number of hydrogen-bond acceptors (Lipinski definition) is 3. The number of aromatic amines is 1. The van der Waals surface area contributed by atoms with Gasteiger partial charge in [-0.15, -0.1) is 0 Å². The lowest BCUT2D eigenvalue weighted by Crippen LogP contribution is -2.08. The molecule has 0 aliphatic carbocycles. The summed E-state index contributed by atoms with van der Waals surface area (Å²) in [7, 11) is 0. The lowest BCUT2D eigenvalue weighted by molar-refractivity contribution is 0.0984. The monoisotopic (exact) mass is 343 g/mol. The minimum atomic E-state index is -0.0267. The van der Waals surface area contributed by atoms with Gasteiger partial charge in [0.25, 0.3) is 0 Å². The first kappa shape index (κ1) is 17.6. The Labute approximate surface area is 153 Å². The molecular formula is C22H21N3O.